The molecule has 1 rings (SSSR count). The summed E-state index contributed by atoms with van der Waals surface area (Å²) in [5.74, 6) is 1.03. The van der Waals surface area contributed by atoms with Crippen LogP contribution >= 0.6 is 0 Å². The van der Waals surface area contributed by atoms with E-state index in [0.717, 1.165) is 38.9 Å². The van der Waals surface area contributed by atoms with E-state index in [1.807, 2.05) is 13.8 Å². The first-order chi connectivity index (χ1) is 7.28. The van der Waals surface area contributed by atoms with Crippen molar-refractivity contribution in [2.75, 3.05) is 26.4 Å². The Morgan fingerprint density at radius 3 is 1.33 bits per heavy atom. The summed E-state index contributed by atoms with van der Waals surface area (Å²) in [5.41, 5.74) is 0. The molecular weight excluding hydrogens is 192 g/mol. The first-order valence-corrected chi connectivity index (χ1v) is 6.07. The summed E-state index contributed by atoms with van der Waals surface area (Å²) in [6, 6.07) is 0. The highest BCUT2D eigenvalue weighted by Gasteiger charge is 2.19. The van der Waals surface area contributed by atoms with Gasteiger partial charge in [0.25, 0.3) is 0 Å². The zero-order valence-electron chi connectivity index (χ0n) is 10.1. The van der Waals surface area contributed by atoms with Crippen LogP contribution in [0.2, 0.25) is 0 Å². The quantitative estimate of drug-likeness (QED) is 0.756. The fraction of sp³-hybridized carbons (Fsp3) is 1.00. The van der Waals surface area contributed by atoms with Gasteiger partial charge in [0.15, 0.2) is 0 Å². The lowest BCUT2D eigenvalue weighted by Gasteiger charge is -2.25. The van der Waals surface area contributed by atoms with Gasteiger partial charge in [-0.15, -0.1) is 0 Å². The van der Waals surface area contributed by atoms with Crippen LogP contribution in [0.3, 0.4) is 0 Å². The average molecular weight is 218 g/mol. The molecule has 0 unspecified atom stereocenters. The van der Waals surface area contributed by atoms with Crippen molar-refractivity contribution >= 4 is 0 Å². The SMILES string of the molecule is CCOCC.OCC1CCC(CO)CC1. The van der Waals surface area contributed by atoms with E-state index in [1.54, 1.807) is 0 Å². The van der Waals surface area contributed by atoms with Crippen LogP contribution in [0.15, 0.2) is 0 Å². The molecule has 0 spiro atoms. The molecule has 92 valence electrons. The van der Waals surface area contributed by atoms with Gasteiger partial charge in [-0.2, -0.15) is 0 Å². The van der Waals surface area contributed by atoms with Gasteiger partial charge in [-0.25, -0.2) is 0 Å². The van der Waals surface area contributed by atoms with Crippen LogP contribution in [-0.4, -0.2) is 36.6 Å². The molecule has 0 saturated heterocycles. The maximum atomic E-state index is 8.79. The lowest BCUT2D eigenvalue weighted by atomic mass is 9.83. The summed E-state index contributed by atoms with van der Waals surface area (Å²) in [4.78, 5) is 0. The topological polar surface area (TPSA) is 49.7 Å². The highest BCUT2D eigenvalue weighted by atomic mass is 16.5. The molecule has 0 aliphatic heterocycles. The lowest BCUT2D eigenvalue weighted by Crippen LogP contribution is -2.19. The fourth-order valence-electron chi connectivity index (χ4n) is 1.80. The molecule has 0 atom stereocenters. The molecule has 1 aliphatic rings. The Labute approximate surface area is 93.5 Å². The normalized spacial score (nSPS) is 25.6. The van der Waals surface area contributed by atoms with E-state index in [0.29, 0.717) is 25.0 Å². The molecule has 1 aliphatic carbocycles. The molecule has 0 bridgehead atoms. The summed E-state index contributed by atoms with van der Waals surface area (Å²) in [6.07, 6.45) is 4.40. The highest BCUT2D eigenvalue weighted by molar-refractivity contribution is 4.70. The van der Waals surface area contributed by atoms with Crippen molar-refractivity contribution in [3.05, 3.63) is 0 Å². The van der Waals surface area contributed by atoms with Crippen LogP contribution in [0.25, 0.3) is 0 Å². The first-order valence-electron chi connectivity index (χ1n) is 6.07. The zero-order chi connectivity index (χ0) is 11.5. The number of ether oxygens (including phenoxy) is 1. The molecule has 0 aromatic heterocycles. The maximum Gasteiger partial charge on any atom is 0.0459 e. The molecule has 1 fully saturated rings. The number of hydrogen-bond donors (Lipinski definition) is 2. The van der Waals surface area contributed by atoms with E-state index in [2.05, 4.69) is 0 Å². The van der Waals surface area contributed by atoms with Gasteiger partial charge in [-0.1, -0.05) is 0 Å². The molecule has 2 N–H and O–H groups in total. The van der Waals surface area contributed by atoms with Gasteiger partial charge < -0.3 is 14.9 Å². The van der Waals surface area contributed by atoms with Crippen molar-refractivity contribution in [2.24, 2.45) is 11.8 Å². The van der Waals surface area contributed by atoms with E-state index < -0.39 is 0 Å². The van der Waals surface area contributed by atoms with Gasteiger partial charge in [-0.3, -0.25) is 0 Å². The Morgan fingerprint density at radius 2 is 1.20 bits per heavy atom. The maximum absolute atomic E-state index is 8.79. The summed E-state index contributed by atoms with van der Waals surface area (Å²) < 4.78 is 4.83. The average Bonchev–Trinajstić information content (AvgIpc) is 2.31. The molecule has 0 radical (unpaired) electrons. The summed E-state index contributed by atoms with van der Waals surface area (Å²) in [6.45, 7) is 6.33. The van der Waals surface area contributed by atoms with Gasteiger partial charge in [-0.05, 0) is 51.4 Å². The smallest absolute Gasteiger partial charge is 0.0459 e. The van der Waals surface area contributed by atoms with Gasteiger partial charge in [0, 0.05) is 26.4 Å². The van der Waals surface area contributed by atoms with Crippen LogP contribution in [0.1, 0.15) is 39.5 Å². The van der Waals surface area contributed by atoms with E-state index in [9.17, 15) is 0 Å². The Hall–Kier alpha value is -0.120. The van der Waals surface area contributed by atoms with Gasteiger partial charge in [0.1, 0.15) is 0 Å². The van der Waals surface area contributed by atoms with Crippen LogP contribution in [0, 0.1) is 11.8 Å². The van der Waals surface area contributed by atoms with Crippen molar-refractivity contribution in [2.45, 2.75) is 39.5 Å². The monoisotopic (exact) mass is 218 g/mol. The number of aliphatic hydroxyl groups excluding tert-OH is 2. The minimum atomic E-state index is 0.331. The van der Waals surface area contributed by atoms with Gasteiger partial charge in [0.05, 0.1) is 0 Å². The minimum Gasteiger partial charge on any atom is -0.396 e. The Morgan fingerprint density at radius 1 is 0.867 bits per heavy atom. The fourth-order valence-corrected chi connectivity index (χ4v) is 1.80. The first kappa shape index (κ1) is 14.9. The molecule has 15 heavy (non-hydrogen) atoms. The molecule has 1 saturated carbocycles. The van der Waals surface area contributed by atoms with E-state index in [-0.39, 0.29) is 0 Å². The lowest BCUT2D eigenvalue weighted by molar-refractivity contribution is 0.131. The van der Waals surface area contributed by atoms with E-state index >= 15 is 0 Å². The second kappa shape index (κ2) is 10.4. The minimum absolute atomic E-state index is 0.331. The standard InChI is InChI=1S/C8H16O2.C4H10O/c9-5-7-1-2-8(6-10)4-3-7;1-3-5-4-2/h7-10H,1-6H2;3-4H2,1-2H3. The Kier molecular flexibility index (Phi) is 10.3. The zero-order valence-corrected chi connectivity index (χ0v) is 10.1. The number of hydrogen-bond acceptors (Lipinski definition) is 3. The molecule has 0 aromatic carbocycles. The van der Waals surface area contributed by atoms with Crippen molar-refractivity contribution in [1.29, 1.82) is 0 Å². The number of rotatable bonds is 4. The second-order valence-electron chi connectivity index (χ2n) is 4.03. The molecule has 3 nitrogen and oxygen atoms in total. The summed E-state index contributed by atoms with van der Waals surface area (Å²) in [7, 11) is 0. The van der Waals surface area contributed by atoms with Crippen LogP contribution in [0.5, 0.6) is 0 Å². The Bertz CT molecular complexity index is 106. The predicted octanol–water partition coefficient (Wildman–Crippen LogP) is 1.82. The summed E-state index contributed by atoms with van der Waals surface area (Å²) >= 11 is 0. The van der Waals surface area contributed by atoms with E-state index in [1.165, 1.54) is 0 Å². The largest absolute Gasteiger partial charge is 0.396 e. The van der Waals surface area contributed by atoms with Gasteiger partial charge >= 0.3 is 0 Å². The molecule has 3 heteroatoms. The van der Waals surface area contributed by atoms with Crippen LogP contribution in [0.4, 0.5) is 0 Å². The third-order valence-electron chi connectivity index (χ3n) is 2.89. The second-order valence-corrected chi connectivity index (χ2v) is 4.03. The third-order valence-corrected chi connectivity index (χ3v) is 2.89. The van der Waals surface area contributed by atoms with Crippen molar-refractivity contribution in [3.63, 3.8) is 0 Å². The van der Waals surface area contributed by atoms with Crippen LogP contribution < -0.4 is 0 Å². The van der Waals surface area contributed by atoms with Crippen LogP contribution in [-0.2, 0) is 4.74 Å². The third kappa shape index (κ3) is 7.77. The van der Waals surface area contributed by atoms with Gasteiger partial charge in [0.2, 0.25) is 0 Å². The number of aliphatic hydroxyl groups is 2. The Balaban J connectivity index is 0.000000336. The summed E-state index contributed by atoms with van der Waals surface area (Å²) in [5, 5.41) is 17.6. The van der Waals surface area contributed by atoms with Crippen molar-refractivity contribution < 1.29 is 14.9 Å². The molecule has 0 aromatic rings. The molecule has 0 amide bonds. The van der Waals surface area contributed by atoms with Crippen molar-refractivity contribution in [1.82, 2.24) is 0 Å². The molecule has 0 heterocycles. The van der Waals surface area contributed by atoms with Crippen molar-refractivity contribution in [3.8, 4) is 0 Å². The molecular formula is C12H26O3. The predicted molar refractivity (Wildman–Crippen MR) is 61.8 cm³/mol. The van der Waals surface area contributed by atoms with E-state index in [4.69, 9.17) is 14.9 Å². The highest BCUT2D eigenvalue weighted by Crippen LogP contribution is 2.27.